The molecule has 0 radical (unpaired) electrons. The van der Waals surface area contributed by atoms with Gasteiger partial charge in [0.2, 0.25) is 0 Å². The van der Waals surface area contributed by atoms with Gasteiger partial charge in [-0.2, -0.15) is 0 Å². The van der Waals surface area contributed by atoms with Crippen molar-refractivity contribution in [1.82, 2.24) is 20.4 Å². The molecule has 6 rings (SSSR count). The second kappa shape index (κ2) is 10.0. The average Bonchev–Trinajstić information content (AvgIpc) is 3.67. The molecule has 2 N–H and O–H groups in total. The van der Waals surface area contributed by atoms with Gasteiger partial charge in [-0.25, -0.2) is 0 Å². The largest absolute Gasteiger partial charge is 0.351 e. The van der Waals surface area contributed by atoms with Crippen molar-refractivity contribution in [3.63, 3.8) is 0 Å². The molecule has 0 aromatic heterocycles. The number of hydrogen-bond acceptors (Lipinski definition) is 4. The zero-order chi connectivity index (χ0) is 24.5. The van der Waals surface area contributed by atoms with E-state index < -0.39 is 0 Å². The molecule has 3 aromatic rings. The Morgan fingerprint density at radius 3 is 1.97 bits per heavy atom. The van der Waals surface area contributed by atoms with Gasteiger partial charge in [0.1, 0.15) is 0 Å². The highest BCUT2D eigenvalue weighted by Gasteiger charge is 2.25. The van der Waals surface area contributed by atoms with Crippen LogP contribution in [0.25, 0.3) is 33.0 Å². The summed E-state index contributed by atoms with van der Waals surface area (Å²) in [6.07, 6.45) is 5.02. The first-order valence-corrected chi connectivity index (χ1v) is 13.4. The standard InChI is InChI=1S/C30H34N4O2/c35-29(31-12-18-33-14-1-2-15-33)21-8-9-22-23-6-5-7-24-26(11-10-25(28(23)24)27(22)20-21)30(36)32-13-19-34-16-3-4-17-34/h5-11,20H,1-4,12-19H2,(H,31,35)(H,32,36). The van der Waals surface area contributed by atoms with Crippen LogP contribution in [0.3, 0.4) is 0 Å². The van der Waals surface area contributed by atoms with Crippen molar-refractivity contribution in [3.8, 4) is 22.3 Å². The van der Waals surface area contributed by atoms with Crippen LogP contribution in [0.5, 0.6) is 0 Å². The van der Waals surface area contributed by atoms with Crippen molar-refractivity contribution in [2.45, 2.75) is 25.7 Å². The smallest absolute Gasteiger partial charge is 0.251 e. The Kier molecular flexibility index (Phi) is 6.46. The number of nitrogens with zero attached hydrogens (tertiary/aromatic N) is 2. The van der Waals surface area contributed by atoms with E-state index in [1.807, 2.05) is 36.4 Å². The van der Waals surface area contributed by atoms with Gasteiger partial charge in [-0.3, -0.25) is 9.59 Å². The Hall–Kier alpha value is -3.22. The first kappa shape index (κ1) is 23.2. The van der Waals surface area contributed by atoms with E-state index in [2.05, 4.69) is 32.6 Å². The van der Waals surface area contributed by atoms with E-state index >= 15 is 0 Å². The summed E-state index contributed by atoms with van der Waals surface area (Å²) in [5.74, 6) is -0.0508. The van der Waals surface area contributed by atoms with E-state index in [1.54, 1.807) is 0 Å². The number of likely N-dealkylation sites (tertiary alicyclic amines) is 2. The summed E-state index contributed by atoms with van der Waals surface area (Å²) < 4.78 is 0. The SMILES string of the molecule is O=C(NCCN1CCCC1)c1ccc2c(c1)-c1ccc(C(=O)NCCN3CCCC3)c3cccc-2c13. The third-order valence-electron chi connectivity index (χ3n) is 7.97. The van der Waals surface area contributed by atoms with Gasteiger partial charge in [-0.15, -0.1) is 0 Å². The number of carbonyl (C=O) groups excluding carboxylic acids is 2. The average molecular weight is 483 g/mol. The van der Waals surface area contributed by atoms with E-state index in [1.165, 1.54) is 25.7 Å². The lowest BCUT2D eigenvalue weighted by molar-refractivity contribution is 0.0942. The predicted molar refractivity (Wildman–Crippen MR) is 144 cm³/mol. The normalized spacial score (nSPS) is 17.0. The van der Waals surface area contributed by atoms with Gasteiger partial charge >= 0.3 is 0 Å². The monoisotopic (exact) mass is 482 g/mol. The number of fused-ring (bicyclic) bond motifs is 3. The Labute approximate surface area is 212 Å². The summed E-state index contributed by atoms with van der Waals surface area (Å²) in [7, 11) is 0. The van der Waals surface area contributed by atoms with Crippen LogP contribution in [-0.2, 0) is 0 Å². The maximum atomic E-state index is 13.1. The van der Waals surface area contributed by atoms with Crippen molar-refractivity contribution >= 4 is 22.6 Å². The molecule has 3 aliphatic rings. The van der Waals surface area contributed by atoms with Gasteiger partial charge in [-0.1, -0.05) is 30.3 Å². The topological polar surface area (TPSA) is 64.7 Å². The highest BCUT2D eigenvalue weighted by atomic mass is 16.2. The van der Waals surface area contributed by atoms with Crippen LogP contribution in [0.2, 0.25) is 0 Å². The van der Waals surface area contributed by atoms with Crippen molar-refractivity contribution < 1.29 is 9.59 Å². The molecule has 2 saturated heterocycles. The molecule has 0 atom stereocenters. The summed E-state index contributed by atoms with van der Waals surface area (Å²) in [6.45, 7) is 7.68. The lowest BCUT2D eigenvalue weighted by atomic mass is 9.98. The van der Waals surface area contributed by atoms with Crippen molar-refractivity contribution in [2.75, 3.05) is 52.4 Å². The number of amides is 2. The molecule has 0 spiro atoms. The summed E-state index contributed by atoms with van der Waals surface area (Å²) >= 11 is 0. The molecule has 2 aliphatic heterocycles. The van der Waals surface area contributed by atoms with Crippen LogP contribution in [0.4, 0.5) is 0 Å². The molecule has 36 heavy (non-hydrogen) atoms. The zero-order valence-electron chi connectivity index (χ0n) is 20.8. The van der Waals surface area contributed by atoms with Crippen molar-refractivity contribution in [2.24, 2.45) is 0 Å². The molecular weight excluding hydrogens is 448 g/mol. The summed E-state index contributed by atoms with van der Waals surface area (Å²) in [5.41, 5.74) is 5.80. The molecule has 0 bridgehead atoms. The highest BCUT2D eigenvalue weighted by molar-refractivity contribution is 6.20. The number of benzene rings is 3. The number of hydrogen-bond donors (Lipinski definition) is 2. The second-order valence-electron chi connectivity index (χ2n) is 10.3. The Morgan fingerprint density at radius 1 is 0.667 bits per heavy atom. The third-order valence-corrected chi connectivity index (χ3v) is 7.97. The minimum Gasteiger partial charge on any atom is -0.351 e. The van der Waals surface area contributed by atoms with E-state index in [0.29, 0.717) is 24.2 Å². The minimum atomic E-state index is -0.0294. The zero-order valence-corrected chi connectivity index (χ0v) is 20.8. The van der Waals surface area contributed by atoms with E-state index in [9.17, 15) is 9.59 Å². The molecule has 3 aromatic carbocycles. The van der Waals surface area contributed by atoms with Crippen LogP contribution in [0, 0.1) is 0 Å². The molecule has 0 saturated carbocycles. The minimum absolute atomic E-state index is 0.0214. The Morgan fingerprint density at radius 2 is 1.28 bits per heavy atom. The highest BCUT2D eigenvalue weighted by Crippen LogP contribution is 2.48. The van der Waals surface area contributed by atoms with Crippen LogP contribution in [0.1, 0.15) is 46.4 Å². The Balaban J connectivity index is 1.20. The molecule has 2 amide bonds. The fourth-order valence-corrected chi connectivity index (χ4v) is 6.06. The fourth-order valence-electron chi connectivity index (χ4n) is 6.06. The predicted octanol–water partition coefficient (Wildman–Crippen LogP) is 4.14. The quantitative estimate of drug-likeness (QED) is 0.396. The Bertz CT molecular complexity index is 1310. The van der Waals surface area contributed by atoms with Crippen molar-refractivity contribution in [3.05, 3.63) is 59.7 Å². The van der Waals surface area contributed by atoms with E-state index in [0.717, 1.165) is 72.3 Å². The molecule has 0 unspecified atom stereocenters. The van der Waals surface area contributed by atoms with Crippen LogP contribution >= 0.6 is 0 Å². The van der Waals surface area contributed by atoms with E-state index in [4.69, 9.17) is 0 Å². The molecule has 186 valence electrons. The van der Waals surface area contributed by atoms with Gasteiger partial charge in [0, 0.05) is 37.3 Å². The molecule has 2 fully saturated rings. The second-order valence-corrected chi connectivity index (χ2v) is 10.3. The first-order chi connectivity index (χ1) is 17.7. The summed E-state index contributed by atoms with van der Waals surface area (Å²) in [4.78, 5) is 30.8. The fraction of sp³-hybridized carbons (Fsp3) is 0.400. The van der Waals surface area contributed by atoms with Gasteiger partial charge in [-0.05, 0) is 103 Å². The van der Waals surface area contributed by atoms with Gasteiger partial charge < -0.3 is 20.4 Å². The maximum absolute atomic E-state index is 13.1. The molecule has 1 aliphatic carbocycles. The number of rotatable bonds is 8. The lowest BCUT2D eigenvalue weighted by Crippen LogP contribution is -2.33. The summed E-state index contributed by atoms with van der Waals surface area (Å²) in [5, 5.41) is 8.29. The van der Waals surface area contributed by atoms with Crippen LogP contribution < -0.4 is 10.6 Å². The molecular formula is C30H34N4O2. The molecule has 2 heterocycles. The summed E-state index contributed by atoms with van der Waals surface area (Å²) in [6, 6.07) is 16.1. The van der Waals surface area contributed by atoms with Gasteiger partial charge in [0.25, 0.3) is 11.8 Å². The molecule has 6 nitrogen and oxygen atoms in total. The number of carbonyl (C=O) groups is 2. The van der Waals surface area contributed by atoms with Crippen LogP contribution in [0.15, 0.2) is 48.5 Å². The van der Waals surface area contributed by atoms with Gasteiger partial charge in [0.05, 0.1) is 0 Å². The molecule has 6 heteroatoms. The first-order valence-electron chi connectivity index (χ1n) is 13.4. The number of nitrogens with one attached hydrogen (secondary N) is 2. The van der Waals surface area contributed by atoms with Gasteiger partial charge in [0.15, 0.2) is 0 Å². The van der Waals surface area contributed by atoms with Crippen molar-refractivity contribution in [1.29, 1.82) is 0 Å². The lowest BCUT2D eigenvalue weighted by Gasteiger charge is -2.15. The van der Waals surface area contributed by atoms with E-state index in [-0.39, 0.29) is 11.8 Å². The third kappa shape index (κ3) is 4.40. The van der Waals surface area contributed by atoms with Crippen LogP contribution in [-0.4, -0.2) is 74.0 Å². The maximum Gasteiger partial charge on any atom is 0.251 e.